The number of hydrogen-bond donors (Lipinski definition) is 3. The summed E-state index contributed by atoms with van der Waals surface area (Å²) in [7, 11) is 1.80. The van der Waals surface area contributed by atoms with E-state index < -0.39 is 6.10 Å². The molecule has 23 heavy (non-hydrogen) atoms. The molecule has 3 N–H and O–H groups in total. The molecule has 8 heteroatoms. The smallest absolute Gasteiger partial charge is 0.315 e. The predicted octanol–water partition coefficient (Wildman–Crippen LogP) is 0.615. The summed E-state index contributed by atoms with van der Waals surface area (Å²) >= 11 is 0. The first-order valence-electron chi connectivity index (χ1n) is 7.30. The number of para-hydroxylation sites is 1. The zero-order valence-corrected chi connectivity index (χ0v) is 13.1. The van der Waals surface area contributed by atoms with E-state index in [0.717, 1.165) is 0 Å². The zero-order valence-electron chi connectivity index (χ0n) is 13.1. The number of aryl methyl sites for hydroxylation is 1. The number of aromatic nitrogens is 3. The number of benzene rings is 1. The van der Waals surface area contributed by atoms with E-state index in [9.17, 15) is 9.90 Å². The average Bonchev–Trinajstić information content (AvgIpc) is 2.98. The van der Waals surface area contributed by atoms with E-state index in [1.54, 1.807) is 37.0 Å². The number of carbonyl (C=O) groups excluding carboxylic acids is 1. The highest BCUT2D eigenvalue weighted by atomic mass is 16.5. The molecule has 1 heterocycles. The second kappa shape index (κ2) is 8.14. The number of hydrogen-bond acceptors (Lipinski definition) is 5. The van der Waals surface area contributed by atoms with Crippen molar-refractivity contribution in [3.63, 3.8) is 0 Å². The third-order valence-electron chi connectivity index (χ3n) is 3.17. The maximum atomic E-state index is 11.8. The summed E-state index contributed by atoms with van der Waals surface area (Å²) in [4.78, 5) is 11.8. The Morgan fingerprint density at radius 1 is 1.39 bits per heavy atom. The minimum atomic E-state index is -0.800. The number of carbonyl (C=O) groups is 1. The SMILES string of the molecule is CC(NC(=O)NCC(O)COc1ccccc1)c1nncn1C. The van der Waals surface area contributed by atoms with E-state index in [1.165, 1.54) is 0 Å². The van der Waals surface area contributed by atoms with Gasteiger partial charge >= 0.3 is 6.03 Å². The van der Waals surface area contributed by atoms with Crippen molar-refractivity contribution in [3.8, 4) is 5.75 Å². The highest BCUT2D eigenvalue weighted by Gasteiger charge is 2.15. The number of ether oxygens (including phenoxy) is 1. The van der Waals surface area contributed by atoms with Crippen LogP contribution < -0.4 is 15.4 Å². The van der Waals surface area contributed by atoms with Crippen molar-refractivity contribution in [1.29, 1.82) is 0 Å². The van der Waals surface area contributed by atoms with Gasteiger partial charge in [0.15, 0.2) is 5.82 Å². The topological polar surface area (TPSA) is 101 Å². The lowest BCUT2D eigenvalue weighted by Crippen LogP contribution is -2.42. The average molecular weight is 319 g/mol. The predicted molar refractivity (Wildman–Crippen MR) is 83.9 cm³/mol. The fraction of sp³-hybridized carbons (Fsp3) is 0.400. The molecule has 0 saturated heterocycles. The Kier molecular flexibility index (Phi) is 5.93. The van der Waals surface area contributed by atoms with Crippen molar-refractivity contribution < 1.29 is 14.6 Å². The van der Waals surface area contributed by atoms with Crippen LogP contribution in [0, 0.1) is 0 Å². The molecule has 2 amide bonds. The van der Waals surface area contributed by atoms with Gasteiger partial charge in [0.05, 0.1) is 6.04 Å². The third-order valence-corrected chi connectivity index (χ3v) is 3.17. The highest BCUT2D eigenvalue weighted by Crippen LogP contribution is 2.08. The second-order valence-electron chi connectivity index (χ2n) is 5.15. The highest BCUT2D eigenvalue weighted by molar-refractivity contribution is 5.74. The van der Waals surface area contributed by atoms with E-state index in [2.05, 4.69) is 20.8 Å². The van der Waals surface area contributed by atoms with Crippen LogP contribution in [0.4, 0.5) is 4.79 Å². The summed E-state index contributed by atoms with van der Waals surface area (Å²) in [5.74, 6) is 1.32. The maximum Gasteiger partial charge on any atom is 0.315 e. The molecule has 0 aliphatic carbocycles. The van der Waals surface area contributed by atoms with Gasteiger partial charge < -0.3 is 25.0 Å². The lowest BCUT2D eigenvalue weighted by molar-refractivity contribution is 0.107. The first kappa shape index (κ1) is 16.8. The van der Waals surface area contributed by atoms with Gasteiger partial charge in [-0.2, -0.15) is 0 Å². The first-order valence-corrected chi connectivity index (χ1v) is 7.30. The fourth-order valence-corrected chi connectivity index (χ4v) is 1.97. The molecule has 0 aliphatic rings. The number of nitrogens with zero attached hydrogens (tertiary/aromatic N) is 3. The molecular formula is C15H21N5O3. The Balaban J connectivity index is 1.68. The maximum absolute atomic E-state index is 11.8. The van der Waals surface area contributed by atoms with Crippen LogP contribution in [-0.2, 0) is 7.05 Å². The lowest BCUT2D eigenvalue weighted by atomic mass is 10.3. The minimum absolute atomic E-state index is 0.0875. The molecule has 0 radical (unpaired) electrons. The van der Waals surface area contributed by atoms with Crippen LogP contribution in [0.1, 0.15) is 18.8 Å². The quantitative estimate of drug-likeness (QED) is 0.694. The Hall–Kier alpha value is -2.61. The Morgan fingerprint density at radius 3 is 2.78 bits per heavy atom. The van der Waals surface area contributed by atoms with Crippen LogP contribution >= 0.6 is 0 Å². The summed E-state index contributed by atoms with van der Waals surface area (Å²) in [6, 6.07) is 8.50. The van der Waals surface area contributed by atoms with Crippen molar-refractivity contribution >= 4 is 6.03 Å². The third kappa shape index (κ3) is 5.26. The van der Waals surface area contributed by atoms with Gasteiger partial charge in [-0.05, 0) is 19.1 Å². The van der Waals surface area contributed by atoms with Gasteiger partial charge in [-0.15, -0.1) is 10.2 Å². The number of urea groups is 1. The summed E-state index contributed by atoms with van der Waals surface area (Å²) in [6.07, 6.45) is 0.766. The van der Waals surface area contributed by atoms with Crippen molar-refractivity contribution in [3.05, 3.63) is 42.5 Å². The summed E-state index contributed by atoms with van der Waals surface area (Å²) in [5.41, 5.74) is 0. The molecule has 0 bridgehead atoms. The van der Waals surface area contributed by atoms with Gasteiger partial charge in [0.2, 0.25) is 0 Å². The molecule has 8 nitrogen and oxygen atoms in total. The van der Waals surface area contributed by atoms with E-state index in [-0.39, 0.29) is 25.2 Å². The number of aliphatic hydroxyl groups excluding tert-OH is 1. The second-order valence-corrected chi connectivity index (χ2v) is 5.15. The molecule has 124 valence electrons. The first-order chi connectivity index (χ1) is 11.1. The molecule has 2 unspecified atom stereocenters. The van der Waals surface area contributed by atoms with E-state index in [0.29, 0.717) is 11.6 Å². The molecule has 1 aromatic heterocycles. The van der Waals surface area contributed by atoms with E-state index in [4.69, 9.17) is 4.74 Å². The van der Waals surface area contributed by atoms with E-state index >= 15 is 0 Å². The van der Waals surface area contributed by atoms with Gasteiger partial charge in [0, 0.05) is 13.6 Å². The molecule has 0 spiro atoms. The molecule has 2 aromatic rings. The Labute approximate surface area is 134 Å². The van der Waals surface area contributed by atoms with Gasteiger partial charge in [-0.3, -0.25) is 0 Å². The minimum Gasteiger partial charge on any atom is -0.491 e. The van der Waals surface area contributed by atoms with Crippen LogP contribution in [0.2, 0.25) is 0 Å². The molecule has 1 aromatic carbocycles. The van der Waals surface area contributed by atoms with Gasteiger partial charge in [0.1, 0.15) is 24.8 Å². The summed E-state index contributed by atoms with van der Waals surface area (Å²) in [5, 5.41) is 22.8. The monoisotopic (exact) mass is 319 g/mol. The van der Waals surface area contributed by atoms with Gasteiger partial charge in [0.25, 0.3) is 0 Å². The molecule has 0 aliphatic heterocycles. The van der Waals surface area contributed by atoms with Crippen molar-refractivity contribution in [2.24, 2.45) is 7.05 Å². The van der Waals surface area contributed by atoms with E-state index in [1.807, 2.05) is 18.2 Å². The van der Waals surface area contributed by atoms with Crippen LogP contribution in [0.3, 0.4) is 0 Å². The molecule has 0 saturated carbocycles. The van der Waals surface area contributed by atoms with Crippen molar-refractivity contribution in [1.82, 2.24) is 25.4 Å². The molecular weight excluding hydrogens is 298 g/mol. The Bertz CT molecular complexity index is 617. The molecule has 2 atom stereocenters. The number of rotatable bonds is 7. The largest absolute Gasteiger partial charge is 0.491 e. The van der Waals surface area contributed by atoms with Crippen molar-refractivity contribution in [2.45, 2.75) is 19.1 Å². The number of aliphatic hydroxyl groups is 1. The zero-order chi connectivity index (χ0) is 16.7. The lowest BCUT2D eigenvalue weighted by Gasteiger charge is -2.16. The van der Waals surface area contributed by atoms with Gasteiger partial charge in [-0.1, -0.05) is 18.2 Å². The van der Waals surface area contributed by atoms with Crippen LogP contribution in [0.5, 0.6) is 5.75 Å². The molecule has 0 fully saturated rings. The van der Waals surface area contributed by atoms with Crippen LogP contribution in [0.25, 0.3) is 0 Å². The Morgan fingerprint density at radius 2 is 2.13 bits per heavy atom. The molecule has 2 rings (SSSR count). The standard InChI is InChI=1S/C15H21N5O3/c1-11(14-19-17-10-20(14)2)18-15(22)16-8-12(21)9-23-13-6-4-3-5-7-13/h3-7,10-12,21H,8-9H2,1-2H3,(H2,16,18,22). The number of amides is 2. The van der Waals surface area contributed by atoms with Crippen molar-refractivity contribution in [2.75, 3.05) is 13.2 Å². The van der Waals surface area contributed by atoms with Crippen LogP contribution in [0.15, 0.2) is 36.7 Å². The summed E-state index contributed by atoms with van der Waals surface area (Å²) in [6.45, 7) is 1.99. The van der Waals surface area contributed by atoms with Crippen LogP contribution in [-0.4, -0.2) is 45.2 Å². The number of nitrogens with one attached hydrogen (secondary N) is 2. The van der Waals surface area contributed by atoms with Gasteiger partial charge in [-0.25, -0.2) is 4.79 Å². The fourth-order valence-electron chi connectivity index (χ4n) is 1.97. The summed E-state index contributed by atoms with van der Waals surface area (Å²) < 4.78 is 7.14. The normalized spacial score (nSPS) is 13.2.